The molecule has 0 unspecified atom stereocenters. The number of alkyl carbamates (subject to hydrolysis) is 1. The number of aromatic nitrogens is 2. The molecule has 0 bridgehead atoms. The van der Waals surface area contributed by atoms with Crippen LogP contribution in [-0.4, -0.2) is 47.3 Å². The first-order chi connectivity index (χ1) is 18.5. The smallest absolute Gasteiger partial charge is 0.433 e. The Labute approximate surface area is 221 Å². The van der Waals surface area contributed by atoms with Crippen LogP contribution in [0, 0.1) is 0 Å². The second-order valence-corrected chi connectivity index (χ2v) is 9.87. The fourth-order valence-electron chi connectivity index (χ4n) is 4.56. The Balaban J connectivity index is 1.34. The highest BCUT2D eigenvalue weighted by Crippen LogP contribution is 2.37. The van der Waals surface area contributed by atoms with Gasteiger partial charge in [0.2, 0.25) is 5.89 Å². The summed E-state index contributed by atoms with van der Waals surface area (Å²) < 4.78 is 56.3. The number of hydrogen-bond donors (Lipinski definition) is 3. The van der Waals surface area contributed by atoms with Gasteiger partial charge in [0.25, 0.3) is 5.91 Å². The zero-order valence-corrected chi connectivity index (χ0v) is 21.3. The summed E-state index contributed by atoms with van der Waals surface area (Å²) in [5.74, 6) is -0.252. The van der Waals surface area contributed by atoms with Crippen molar-refractivity contribution >= 4 is 22.9 Å². The summed E-state index contributed by atoms with van der Waals surface area (Å²) >= 11 is 0. The van der Waals surface area contributed by atoms with E-state index in [0.29, 0.717) is 23.8 Å². The summed E-state index contributed by atoms with van der Waals surface area (Å²) in [5.41, 5.74) is 5.23. The first kappa shape index (κ1) is 26.7. The number of rotatable bonds is 7. The van der Waals surface area contributed by atoms with Crippen molar-refractivity contribution in [1.29, 1.82) is 0 Å². The van der Waals surface area contributed by atoms with Gasteiger partial charge < -0.3 is 30.3 Å². The lowest BCUT2D eigenvalue weighted by atomic mass is 9.89. The number of amides is 2. The summed E-state index contributed by atoms with van der Waals surface area (Å²) in [6.07, 6.45) is -1.46. The number of pyridine rings is 1. The molecule has 3 aromatic rings. The number of hydrogen-bond acceptors (Lipinski definition) is 8. The van der Waals surface area contributed by atoms with E-state index in [1.807, 2.05) is 0 Å². The third-order valence-corrected chi connectivity index (χ3v) is 6.97. The van der Waals surface area contributed by atoms with E-state index in [2.05, 4.69) is 20.6 Å². The molecule has 2 fully saturated rings. The molecule has 4 N–H and O–H groups in total. The van der Waals surface area contributed by atoms with Crippen LogP contribution in [0.4, 0.5) is 18.0 Å². The van der Waals surface area contributed by atoms with Crippen molar-refractivity contribution in [2.45, 2.75) is 69.4 Å². The number of oxazole rings is 1. The van der Waals surface area contributed by atoms with E-state index >= 15 is 0 Å². The molecule has 0 saturated heterocycles. The lowest BCUT2D eigenvalue weighted by Crippen LogP contribution is -2.50. The summed E-state index contributed by atoms with van der Waals surface area (Å²) in [6, 6.07) is 4.39. The SMILES string of the molecule is COc1ccc(-c2nc(C(=O)N[C@H]3C[C@@H](OC(=O)NC4CCC4)C3)c([C@H](C)N)o2)c2ccc(C(F)(F)F)nc12. The molecule has 2 saturated carbocycles. The van der Waals surface area contributed by atoms with Gasteiger partial charge in [0, 0.05) is 35.9 Å². The van der Waals surface area contributed by atoms with Gasteiger partial charge in [-0.3, -0.25) is 4.79 Å². The fourth-order valence-corrected chi connectivity index (χ4v) is 4.56. The number of nitrogens with one attached hydrogen (secondary N) is 2. The second kappa shape index (κ2) is 10.4. The number of carbonyl (C=O) groups excluding carboxylic acids is 2. The minimum atomic E-state index is -4.64. The standard InChI is InChI=1S/C26H28F3N5O5/c1-12(30)22-21(23(35)31-14-10-15(11-14)38-25(36)32-13-4-3-5-13)34-24(39-22)17-6-8-18(37-2)20-16(17)7-9-19(33-20)26(27,28)29/h6-9,12-15H,3-5,10-11,30H2,1-2H3,(H,31,35)(H,32,36)/t12-,14-,15+/m0/s1. The van der Waals surface area contributed by atoms with Crippen LogP contribution in [0.25, 0.3) is 22.4 Å². The van der Waals surface area contributed by atoms with E-state index < -0.39 is 29.9 Å². The van der Waals surface area contributed by atoms with E-state index in [9.17, 15) is 22.8 Å². The molecule has 208 valence electrons. The van der Waals surface area contributed by atoms with Gasteiger partial charge in [0.15, 0.2) is 11.5 Å². The molecule has 0 spiro atoms. The monoisotopic (exact) mass is 547 g/mol. The van der Waals surface area contributed by atoms with Gasteiger partial charge in [0.05, 0.1) is 13.2 Å². The highest BCUT2D eigenvalue weighted by molar-refractivity contribution is 5.98. The van der Waals surface area contributed by atoms with E-state index in [1.165, 1.54) is 19.2 Å². The fraction of sp³-hybridized carbons (Fsp3) is 0.462. The molecule has 0 radical (unpaired) electrons. The number of fused-ring (bicyclic) bond motifs is 1. The van der Waals surface area contributed by atoms with Gasteiger partial charge in [-0.25, -0.2) is 14.8 Å². The van der Waals surface area contributed by atoms with Crippen LogP contribution >= 0.6 is 0 Å². The zero-order chi connectivity index (χ0) is 27.9. The predicted molar refractivity (Wildman–Crippen MR) is 133 cm³/mol. The van der Waals surface area contributed by atoms with Crippen molar-refractivity contribution in [1.82, 2.24) is 20.6 Å². The van der Waals surface area contributed by atoms with Crippen LogP contribution in [0.1, 0.15) is 67.0 Å². The van der Waals surface area contributed by atoms with Crippen LogP contribution in [0.2, 0.25) is 0 Å². The molecular weight excluding hydrogens is 519 g/mol. The van der Waals surface area contributed by atoms with Crippen molar-refractivity contribution in [3.63, 3.8) is 0 Å². The first-order valence-corrected chi connectivity index (χ1v) is 12.6. The van der Waals surface area contributed by atoms with E-state index in [0.717, 1.165) is 25.3 Å². The van der Waals surface area contributed by atoms with Crippen LogP contribution < -0.4 is 21.1 Å². The summed E-state index contributed by atoms with van der Waals surface area (Å²) in [5, 5.41) is 5.96. The van der Waals surface area contributed by atoms with Gasteiger partial charge in [-0.05, 0) is 50.5 Å². The molecule has 2 amide bonds. The quantitative estimate of drug-likeness (QED) is 0.393. The topological polar surface area (TPSA) is 142 Å². The third-order valence-electron chi connectivity index (χ3n) is 6.97. The summed E-state index contributed by atoms with van der Waals surface area (Å²) in [4.78, 5) is 33.1. The molecule has 2 heterocycles. The maximum absolute atomic E-state index is 13.3. The Bertz CT molecular complexity index is 1400. The van der Waals surface area contributed by atoms with Crippen molar-refractivity contribution < 1.29 is 36.7 Å². The maximum atomic E-state index is 13.3. The van der Waals surface area contributed by atoms with Crippen molar-refractivity contribution in [3.05, 3.63) is 41.4 Å². The molecule has 0 aliphatic heterocycles. The minimum absolute atomic E-state index is 0.00384. The number of benzene rings is 1. The first-order valence-electron chi connectivity index (χ1n) is 12.6. The number of carbonyl (C=O) groups is 2. The lowest BCUT2D eigenvalue weighted by molar-refractivity contribution is -0.140. The number of halogens is 3. The van der Waals surface area contributed by atoms with Crippen LogP contribution in [0.5, 0.6) is 5.75 Å². The Hall–Kier alpha value is -3.87. The number of nitrogens with two attached hydrogens (primary N) is 1. The lowest BCUT2D eigenvalue weighted by Gasteiger charge is -2.35. The Morgan fingerprint density at radius 3 is 2.46 bits per heavy atom. The zero-order valence-electron chi connectivity index (χ0n) is 21.3. The number of alkyl halides is 3. The molecule has 10 nitrogen and oxygen atoms in total. The predicted octanol–water partition coefficient (Wildman–Crippen LogP) is 4.48. The minimum Gasteiger partial charge on any atom is -0.494 e. The highest BCUT2D eigenvalue weighted by atomic mass is 19.4. The third kappa shape index (κ3) is 5.49. The summed E-state index contributed by atoms with van der Waals surface area (Å²) in [6.45, 7) is 1.62. The molecule has 1 atom stereocenters. The molecule has 1 aromatic carbocycles. The van der Waals surface area contributed by atoms with Gasteiger partial charge in [-0.2, -0.15) is 13.2 Å². The number of nitrogens with zero attached hydrogens (tertiary/aromatic N) is 2. The number of ether oxygens (including phenoxy) is 2. The van der Waals surface area contributed by atoms with E-state index in [1.54, 1.807) is 13.0 Å². The average Bonchev–Trinajstić information content (AvgIpc) is 3.29. The molecule has 5 rings (SSSR count). The van der Waals surface area contributed by atoms with Crippen LogP contribution in [0.15, 0.2) is 28.7 Å². The molecular formula is C26H28F3N5O5. The Morgan fingerprint density at radius 1 is 1.10 bits per heavy atom. The average molecular weight is 548 g/mol. The Kier molecular flexibility index (Phi) is 7.10. The maximum Gasteiger partial charge on any atom is 0.433 e. The largest absolute Gasteiger partial charge is 0.494 e. The highest BCUT2D eigenvalue weighted by Gasteiger charge is 2.36. The molecule has 39 heavy (non-hydrogen) atoms. The normalized spacial score (nSPS) is 20.1. The second-order valence-electron chi connectivity index (χ2n) is 9.87. The molecule has 13 heteroatoms. The number of methoxy groups -OCH3 is 1. The molecule has 2 aliphatic carbocycles. The van der Waals surface area contributed by atoms with Crippen LogP contribution in [-0.2, 0) is 10.9 Å². The van der Waals surface area contributed by atoms with Gasteiger partial charge in [0.1, 0.15) is 23.1 Å². The van der Waals surface area contributed by atoms with Crippen LogP contribution in [0.3, 0.4) is 0 Å². The van der Waals surface area contributed by atoms with E-state index in [4.69, 9.17) is 19.6 Å². The van der Waals surface area contributed by atoms with Crippen molar-refractivity contribution in [2.75, 3.05) is 7.11 Å². The van der Waals surface area contributed by atoms with E-state index in [-0.39, 0.29) is 46.8 Å². The summed E-state index contributed by atoms with van der Waals surface area (Å²) in [7, 11) is 1.33. The molecule has 2 aromatic heterocycles. The Morgan fingerprint density at radius 2 is 1.85 bits per heavy atom. The van der Waals surface area contributed by atoms with Crippen molar-refractivity contribution in [2.24, 2.45) is 5.73 Å². The van der Waals surface area contributed by atoms with Crippen molar-refractivity contribution in [3.8, 4) is 17.2 Å². The molecule has 2 aliphatic rings. The van der Waals surface area contributed by atoms with Gasteiger partial charge >= 0.3 is 12.3 Å². The van der Waals surface area contributed by atoms with Gasteiger partial charge in [-0.1, -0.05) is 0 Å². The van der Waals surface area contributed by atoms with Gasteiger partial charge in [-0.15, -0.1) is 0 Å².